The Kier molecular flexibility index (Phi) is 3.28. The highest BCUT2D eigenvalue weighted by atomic mass is 16.6. The van der Waals surface area contributed by atoms with Crippen LogP contribution in [0.3, 0.4) is 0 Å². The van der Waals surface area contributed by atoms with Crippen LogP contribution < -0.4 is 10.1 Å². The van der Waals surface area contributed by atoms with E-state index in [1.165, 1.54) is 0 Å². The lowest BCUT2D eigenvalue weighted by atomic mass is 10.1. The molecule has 1 atom stereocenters. The highest BCUT2D eigenvalue weighted by molar-refractivity contribution is 5.49. The van der Waals surface area contributed by atoms with E-state index in [0.717, 1.165) is 30.8 Å². The third-order valence-electron chi connectivity index (χ3n) is 3.00. The molecule has 5 nitrogen and oxygen atoms in total. The SMILES string of the molecule is Cc1cc([N+](=O)[O-])c(C)cc1O[C@@H]1CCNC1. The fourth-order valence-electron chi connectivity index (χ4n) is 2.01. The summed E-state index contributed by atoms with van der Waals surface area (Å²) in [6.45, 7) is 5.38. The predicted octanol–water partition coefficient (Wildman–Crippen LogP) is 1.95. The smallest absolute Gasteiger partial charge is 0.272 e. The first-order chi connectivity index (χ1) is 8.08. The van der Waals surface area contributed by atoms with Crippen molar-refractivity contribution in [1.82, 2.24) is 5.32 Å². The Labute approximate surface area is 99.9 Å². The van der Waals surface area contributed by atoms with Gasteiger partial charge in [-0.1, -0.05) is 0 Å². The number of benzene rings is 1. The maximum absolute atomic E-state index is 10.8. The molecule has 0 radical (unpaired) electrons. The normalized spacial score (nSPS) is 19.3. The summed E-state index contributed by atoms with van der Waals surface area (Å²) in [5, 5.41) is 14.0. The summed E-state index contributed by atoms with van der Waals surface area (Å²) in [6, 6.07) is 3.33. The molecule has 5 heteroatoms. The van der Waals surface area contributed by atoms with Crippen molar-refractivity contribution in [3.8, 4) is 5.75 Å². The van der Waals surface area contributed by atoms with Crippen molar-refractivity contribution in [2.45, 2.75) is 26.4 Å². The standard InChI is InChI=1S/C12H16N2O3/c1-8-6-12(17-10-3-4-13-7-10)9(2)5-11(8)14(15)16/h5-6,10,13H,3-4,7H2,1-2H3/t10-/m1/s1. The number of nitro benzene ring substituents is 1. The number of hydrogen-bond donors (Lipinski definition) is 1. The van der Waals surface area contributed by atoms with Gasteiger partial charge in [0.05, 0.1) is 4.92 Å². The van der Waals surface area contributed by atoms with Crippen LogP contribution in [0.4, 0.5) is 5.69 Å². The molecule has 1 aromatic carbocycles. The van der Waals surface area contributed by atoms with Crippen molar-refractivity contribution in [3.05, 3.63) is 33.4 Å². The van der Waals surface area contributed by atoms with Gasteiger partial charge >= 0.3 is 0 Å². The van der Waals surface area contributed by atoms with Crippen molar-refractivity contribution in [2.24, 2.45) is 0 Å². The third kappa shape index (κ3) is 2.55. The number of ether oxygens (including phenoxy) is 1. The molecule has 0 bridgehead atoms. The van der Waals surface area contributed by atoms with Gasteiger partial charge in [0.25, 0.3) is 5.69 Å². The molecule has 0 aliphatic carbocycles. The van der Waals surface area contributed by atoms with Gasteiger partial charge in [-0.2, -0.15) is 0 Å². The lowest BCUT2D eigenvalue weighted by molar-refractivity contribution is -0.385. The van der Waals surface area contributed by atoms with Gasteiger partial charge in [-0.25, -0.2) is 0 Å². The topological polar surface area (TPSA) is 64.4 Å². The second-order valence-corrected chi connectivity index (χ2v) is 4.39. The zero-order valence-electron chi connectivity index (χ0n) is 10.0. The van der Waals surface area contributed by atoms with E-state index < -0.39 is 0 Å². The Hall–Kier alpha value is -1.62. The minimum Gasteiger partial charge on any atom is -0.489 e. The van der Waals surface area contributed by atoms with Gasteiger partial charge in [0, 0.05) is 18.2 Å². The first kappa shape index (κ1) is 11.9. The Balaban J connectivity index is 2.23. The van der Waals surface area contributed by atoms with Crippen molar-refractivity contribution in [2.75, 3.05) is 13.1 Å². The Morgan fingerprint density at radius 1 is 1.41 bits per heavy atom. The van der Waals surface area contributed by atoms with Gasteiger partial charge in [-0.3, -0.25) is 10.1 Å². The van der Waals surface area contributed by atoms with Gasteiger partial charge in [0.2, 0.25) is 0 Å². The van der Waals surface area contributed by atoms with E-state index in [1.54, 1.807) is 19.1 Å². The lowest BCUT2D eigenvalue weighted by Gasteiger charge is -2.15. The Morgan fingerprint density at radius 3 is 2.76 bits per heavy atom. The van der Waals surface area contributed by atoms with Gasteiger partial charge < -0.3 is 10.1 Å². The molecule has 0 unspecified atom stereocenters. The molecule has 92 valence electrons. The highest BCUT2D eigenvalue weighted by Crippen LogP contribution is 2.28. The highest BCUT2D eigenvalue weighted by Gasteiger charge is 2.19. The van der Waals surface area contributed by atoms with Crippen LogP contribution in [0, 0.1) is 24.0 Å². The number of nitrogens with zero attached hydrogens (tertiary/aromatic N) is 1. The molecular weight excluding hydrogens is 220 g/mol. The fraction of sp³-hybridized carbons (Fsp3) is 0.500. The largest absolute Gasteiger partial charge is 0.489 e. The maximum Gasteiger partial charge on any atom is 0.272 e. The Morgan fingerprint density at radius 2 is 2.18 bits per heavy atom. The first-order valence-electron chi connectivity index (χ1n) is 5.71. The monoisotopic (exact) mass is 236 g/mol. The summed E-state index contributed by atoms with van der Waals surface area (Å²) < 4.78 is 5.84. The number of hydrogen-bond acceptors (Lipinski definition) is 4. The van der Waals surface area contributed by atoms with Gasteiger partial charge in [-0.15, -0.1) is 0 Å². The number of rotatable bonds is 3. The fourth-order valence-corrected chi connectivity index (χ4v) is 2.01. The summed E-state index contributed by atoms with van der Waals surface area (Å²) in [5.74, 6) is 0.752. The molecule has 1 fully saturated rings. The average Bonchev–Trinajstić information content (AvgIpc) is 2.75. The van der Waals surface area contributed by atoms with Gasteiger partial charge in [-0.05, 0) is 38.4 Å². The maximum atomic E-state index is 10.8. The zero-order valence-corrected chi connectivity index (χ0v) is 10.0. The molecule has 0 amide bonds. The molecule has 0 aromatic heterocycles. The summed E-state index contributed by atoms with van der Waals surface area (Å²) >= 11 is 0. The third-order valence-corrected chi connectivity index (χ3v) is 3.00. The van der Waals surface area contributed by atoms with Crippen LogP contribution in [0.25, 0.3) is 0 Å². The summed E-state index contributed by atoms with van der Waals surface area (Å²) in [4.78, 5) is 10.4. The van der Waals surface area contributed by atoms with Crippen molar-refractivity contribution >= 4 is 5.69 Å². The van der Waals surface area contributed by atoms with E-state index in [4.69, 9.17) is 4.74 Å². The molecule has 1 aromatic rings. The quantitative estimate of drug-likeness (QED) is 0.643. The molecular formula is C12H16N2O3. The summed E-state index contributed by atoms with van der Waals surface area (Å²) in [5.41, 5.74) is 1.61. The van der Waals surface area contributed by atoms with Crippen molar-refractivity contribution in [3.63, 3.8) is 0 Å². The molecule has 17 heavy (non-hydrogen) atoms. The van der Waals surface area contributed by atoms with Crippen LogP contribution in [0.1, 0.15) is 17.5 Å². The lowest BCUT2D eigenvalue weighted by Crippen LogP contribution is -2.20. The second kappa shape index (κ2) is 4.71. The van der Waals surface area contributed by atoms with Crippen molar-refractivity contribution in [1.29, 1.82) is 0 Å². The predicted molar refractivity (Wildman–Crippen MR) is 64.5 cm³/mol. The second-order valence-electron chi connectivity index (χ2n) is 4.39. The van der Waals surface area contributed by atoms with Crippen LogP contribution in [0.15, 0.2) is 12.1 Å². The molecule has 1 N–H and O–H groups in total. The van der Waals surface area contributed by atoms with E-state index in [-0.39, 0.29) is 16.7 Å². The van der Waals surface area contributed by atoms with E-state index >= 15 is 0 Å². The number of nitrogens with one attached hydrogen (secondary N) is 1. The molecule has 0 saturated carbocycles. The van der Waals surface area contributed by atoms with E-state index in [0.29, 0.717) is 5.56 Å². The zero-order chi connectivity index (χ0) is 12.4. The van der Waals surface area contributed by atoms with Crippen LogP contribution in [-0.2, 0) is 0 Å². The van der Waals surface area contributed by atoms with Gasteiger partial charge in [0.15, 0.2) is 0 Å². The minimum absolute atomic E-state index is 0.152. The van der Waals surface area contributed by atoms with Crippen LogP contribution in [-0.4, -0.2) is 24.1 Å². The van der Waals surface area contributed by atoms with Crippen LogP contribution >= 0.6 is 0 Å². The van der Waals surface area contributed by atoms with Crippen molar-refractivity contribution < 1.29 is 9.66 Å². The molecule has 1 aliphatic rings. The molecule has 1 saturated heterocycles. The minimum atomic E-state index is -0.358. The van der Waals surface area contributed by atoms with Gasteiger partial charge in [0.1, 0.15) is 11.9 Å². The molecule has 1 aliphatic heterocycles. The molecule has 0 spiro atoms. The van der Waals surface area contributed by atoms with E-state index in [1.807, 2.05) is 6.92 Å². The average molecular weight is 236 g/mol. The Bertz CT molecular complexity index is 440. The van der Waals surface area contributed by atoms with Crippen LogP contribution in [0.2, 0.25) is 0 Å². The summed E-state index contributed by atoms with van der Waals surface area (Å²) in [7, 11) is 0. The van der Waals surface area contributed by atoms with Crippen LogP contribution in [0.5, 0.6) is 5.75 Å². The summed E-state index contributed by atoms with van der Waals surface area (Å²) in [6.07, 6.45) is 1.16. The van der Waals surface area contributed by atoms with E-state index in [2.05, 4.69) is 5.32 Å². The molecule has 1 heterocycles. The first-order valence-corrected chi connectivity index (χ1v) is 5.71. The molecule has 2 rings (SSSR count). The number of aryl methyl sites for hydroxylation is 2. The van der Waals surface area contributed by atoms with E-state index in [9.17, 15) is 10.1 Å². The number of nitro groups is 1.